The van der Waals surface area contributed by atoms with Crippen LogP contribution >= 0.6 is 0 Å². The van der Waals surface area contributed by atoms with E-state index in [0.717, 1.165) is 17.7 Å². The number of fused-ring (bicyclic) bond motifs is 2. The van der Waals surface area contributed by atoms with Gasteiger partial charge in [0.15, 0.2) is 5.82 Å². The van der Waals surface area contributed by atoms with Crippen molar-refractivity contribution in [1.29, 1.82) is 0 Å². The van der Waals surface area contributed by atoms with Crippen LogP contribution in [0.15, 0.2) is 36.7 Å². The van der Waals surface area contributed by atoms with Gasteiger partial charge in [0.25, 0.3) is 0 Å². The van der Waals surface area contributed by atoms with Crippen molar-refractivity contribution in [3.8, 4) is 11.8 Å². The molecule has 1 aliphatic rings. The van der Waals surface area contributed by atoms with Crippen molar-refractivity contribution >= 4 is 33.5 Å². The molecule has 4 aromatic rings. The standard InChI is InChI=1S/C25H22F2N6O/c1-24(26,27)23-32-18-7-5-14(10-19(18)33(23)3)4-6-15-12-31-21(29-2)17-13-30-20(11-16(15)17)25(8-9-25)22(28)34/h5,7,10-13H,8-9H2,1-3H3,(H2,28,34)(H,29,31). The number of anilines is 1. The molecule has 1 aromatic carbocycles. The molecule has 1 amide bonds. The first kappa shape index (κ1) is 21.8. The van der Waals surface area contributed by atoms with E-state index in [-0.39, 0.29) is 11.7 Å². The minimum absolute atomic E-state index is 0.297. The maximum Gasteiger partial charge on any atom is 0.302 e. The third kappa shape index (κ3) is 3.43. The third-order valence-corrected chi connectivity index (χ3v) is 6.34. The Labute approximate surface area is 194 Å². The molecule has 0 atom stereocenters. The number of imidazole rings is 1. The van der Waals surface area contributed by atoms with Crippen LogP contribution in [0.4, 0.5) is 14.6 Å². The number of benzene rings is 1. The van der Waals surface area contributed by atoms with Crippen LogP contribution in [0.1, 0.15) is 42.4 Å². The summed E-state index contributed by atoms with van der Waals surface area (Å²) in [5.41, 5.74) is 7.91. The average molecular weight is 460 g/mol. The lowest BCUT2D eigenvalue weighted by Crippen LogP contribution is -2.29. The molecular formula is C25H22F2N6O. The van der Waals surface area contributed by atoms with Gasteiger partial charge < -0.3 is 15.6 Å². The minimum atomic E-state index is -3.05. The van der Waals surface area contributed by atoms with E-state index in [9.17, 15) is 13.6 Å². The zero-order valence-electron chi connectivity index (χ0n) is 18.9. The number of hydrogen-bond donors (Lipinski definition) is 2. The van der Waals surface area contributed by atoms with Crippen molar-refractivity contribution < 1.29 is 13.6 Å². The Morgan fingerprint density at radius 2 is 1.94 bits per heavy atom. The van der Waals surface area contributed by atoms with Gasteiger partial charge in [-0.1, -0.05) is 11.8 Å². The van der Waals surface area contributed by atoms with Gasteiger partial charge in [0.05, 0.1) is 27.7 Å². The van der Waals surface area contributed by atoms with Crippen molar-refractivity contribution in [3.05, 3.63) is 59.3 Å². The summed E-state index contributed by atoms with van der Waals surface area (Å²) >= 11 is 0. The van der Waals surface area contributed by atoms with Gasteiger partial charge in [0.2, 0.25) is 5.91 Å². The molecule has 0 unspecified atom stereocenters. The molecule has 1 aliphatic carbocycles. The fraction of sp³-hybridized carbons (Fsp3) is 0.280. The number of aromatic nitrogens is 4. The van der Waals surface area contributed by atoms with Crippen LogP contribution in [-0.2, 0) is 23.2 Å². The number of aryl methyl sites for hydroxylation is 1. The summed E-state index contributed by atoms with van der Waals surface area (Å²) in [4.78, 5) is 25.0. The van der Waals surface area contributed by atoms with E-state index in [1.807, 2.05) is 6.07 Å². The van der Waals surface area contributed by atoms with Crippen LogP contribution < -0.4 is 11.1 Å². The second-order valence-corrected chi connectivity index (χ2v) is 8.67. The Hall–Kier alpha value is -4.06. The van der Waals surface area contributed by atoms with Gasteiger partial charge >= 0.3 is 5.92 Å². The molecule has 0 saturated heterocycles. The topological polar surface area (TPSA) is 98.7 Å². The van der Waals surface area contributed by atoms with E-state index in [1.165, 1.54) is 4.57 Å². The molecule has 5 rings (SSSR count). The summed E-state index contributed by atoms with van der Waals surface area (Å²) in [6.07, 6.45) is 4.70. The Balaban J connectivity index is 1.61. The lowest BCUT2D eigenvalue weighted by atomic mass is 9.98. The Kier molecular flexibility index (Phi) is 4.79. The molecule has 0 radical (unpaired) electrons. The quantitative estimate of drug-likeness (QED) is 0.454. The van der Waals surface area contributed by atoms with Crippen molar-refractivity contribution in [2.45, 2.75) is 31.1 Å². The first-order valence-corrected chi connectivity index (χ1v) is 10.8. The number of nitrogens with one attached hydrogen (secondary N) is 1. The number of carbonyl (C=O) groups is 1. The fourth-order valence-corrected chi connectivity index (χ4v) is 4.25. The summed E-state index contributed by atoms with van der Waals surface area (Å²) in [5.74, 6) is 3.17. The number of primary amides is 1. The van der Waals surface area contributed by atoms with Crippen LogP contribution in [0.3, 0.4) is 0 Å². The minimum Gasteiger partial charge on any atom is -0.373 e. The second-order valence-electron chi connectivity index (χ2n) is 8.67. The zero-order valence-corrected chi connectivity index (χ0v) is 18.9. The number of alkyl halides is 2. The Morgan fingerprint density at radius 3 is 2.59 bits per heavy atom. The van der Waals surface area contributed by atoms with Crippen molar-refractivity contribution in [3.63, 3.8) is 0 Å². The molecular weight excluding hydrogens is 438 g/mol. The molecule has 3 heterocycles. The molecule has 3 N–H and O–H groups in total. The smallest absolute Gasteiger partial charge is 0.302 e. The second kappa shape index (κ2) is 7.48. The van der Waals surface area contributed by atoms with Crippen molar-refractivity contribution in [2.75, 3.05) is 12.4 Å². The molecule has 1 saturated carbocycles. The summed E-state index contributed by atoms with van der Waals surface area (Å²) in [6, 6.07) is 7.03. The van der Waals surface area contributed by atoms with E-state index >= 15 is 0 Å². The number of pyridine rings is 2. The van der Waals surface area contributed by atoms with Gasteiger partial charge in [-0.15, -0.1) is 0 Å². The summed E-state index contributed by atoms with van der Waals surface area (Å²) < 4.78 is 29.1. The molecule has 0 aliphatic heterocycles. The van der Waals surface area contributed by atoms with Crippen LogP contribution in [0.25, 0.3) is 21.8 Å². The Morgan fingerprint density at radius 1 is 1.18 bits per heavy atom. The normalized spacial score (nSPS) is 14.6. The van der Waals surface area contributed by atoms with E-state index in [1.54, 1.807) is 44.7 Å². The highest BCUT2D eigenvalue weighted by molar-refractivity contribution is 5.97. The van der Waals surface area contributed by atoms with Gasteiger partial charge in [-0.2, -0.15) is 8.78 Å². The number of amides is 1. The van der Waals surface area contributed by atoms with Crippen LogP contribution in [-0.4, -0.2) is 32.5 Å². The molecule has 7 nitrogen and oxygen atoms in total. The highest BCUT2D eigenvalue weighted by Gasteiger charge is 2.51. The predicted molar refractivity (Wildman–Crippen MR) is 125 cm³/mol. The summed E-state index contributed by atoms with van der Waals surface area (Å²) in [7, 11) is 3.33. The van der Waals surface area contributed by atoms with Gasteiger partial charge in [0, 0.05) is 49.7 Å². The molecule has 0 bridgehead atoms. The van der Waals surface area contributed by atoms with Gasteiger partial charge in [-0.05, 0) is 37.1 Å². The van der Waals surface area contributed by atoms with Gasteiger partial charge in [-0.3, -0.25) is 9.78 Å². The van der Waals surface area contributed by atoms with Crippen molar-refractivity contribution in [1.82, 2.24) is 19.5 Å². The molecule has 1 fully saturated rings. The highest BCUT2D eigenvalue weighted by atomic mass is 19.3. The number of nitrogens with zero attached hydrogens (tertiary/aromatic N) is 4. The molecule has 0 spiro atoms. The maximum atomic E-state index is 13.8. The average Bonchev–Trinajstić information content (AvgIpc) is 3.56. The van der Waals surface area contributed by atoms with Gasteiger partial charge in [0.1, 0.15) is 5.82 Å². The largest absolute Gasteiger partial charge is 0.373 e. The fourth-order valence-electron chi connectivity index (χ4n) is 4.25. The van der Waals surface area contributed by atoms with Gasteiger partial charge in [-0.25, -0.2) is 9.97 Å². The van der Waals surface area contributed by atoms with Crippen molar-refractivity contribution in [2.24, 2.45) is 12.8 Å². The van der Waals surface area contributed by atoms with Crippen LogP contribution in [0.2, 0.25) is 0 Å². The molecule has 34 heavy (non-hydrogen) atoms. The maximum absolute atomic E-state index is 13.8. The summed E-state index contributed by atoms with van der Waals surface area (Å²) in [5, 5.41) is 4.62. The summed E-state index contributed by atoms with van der Waals surface area (Å²) in [6.45, 7) is 0.828. The van der Waals surface area contributed by atoms with Crippen LogP contribution in [0.5, 0.6) is 0 Å². The van der Waals surface area contributed by atoms with Crippen LogP contribution in [0, 0.1) is 11.8 Å². The number of hydrogen-bond acceptors (Lipinski definition) is 5. The monoisotopic (exact) mass is 460 g/mol. The first-order valence-electron chi connectivity index (χ1n) is 10.8. The zero-order chi connectivity index (χ0) is 24.3. The number of nitrogens with two attached hydrogens (primary N) is 1. The highest BCUT2D eigenvalue weighted by Crippen LogP contribution is 2.47. The van der Waals surface area contributed by atoms with E-state index < -0.39 is 11.3 Å². The lowest BCUT2D eigenvalue weighted by Gasteiger charge is -2.13. The van der Waals surface area contributed by atoms with E-state index in [4.69, 9.17) is 5.73 Å². The number of rotatable bonds is 4. The molecule has 172 valence electrons. The number of carbonyl (C=O) groups excluding carboxylic acids is 1. The Bertz CT molecular complexity index is 1540. The number of halogens is 2. The first-order chi connectivity index (χ1) is 16.1. The van der Waals surface area contributed by atoms with E-state index in [0.29, 0.717) is 46.5 Å². The molecule has 3 aromatic heterocycles. The third-order valence-electron chi connectivity index (χ3n) is 6.34. The van der Waals surface area contributed by atoms with E-state index in [2.05, 4.69) is 32.1 Å². The predicted octanol–water partition coefficient (Wildman–Crippen LogP) is 3.59. The SMILES string of the molecule is CNc1ncc(C#Cc2ccc3nc(C(C)(F)F)n(C)c3c2)c2cc(C3(C(N)=O)CC3)ncc12. The molecule has 9 heteroatoms. The lowest BCUT2D eigenvalue weighted by molar-refractivity contribution is -0.120.